The second-order valence-corrected chi connectivity index (χ2v) is 4.93. The molecule has 6 heteroatoms. The highest BCUT2D eigenvalue weighted by molar-refractivity contribution is 6.31. The summed E-state index contributed by atoms with van der Waals surface area (Å²) in [5, 5.41) is 0.658. The highest BCUT2D eigenvalue weighted by Gasteiger charge is 2.11. The number of hydrogen-bond donors (Lipinski definition) is 1. The van der Waals surface area contributed by atoms with Crippen molar-refractivity contribution in [2.45, 2.75) is 6.61 Å². The predicted molar refractivity (Wildman–Crippen MR) is 76.4 cm³/mol. The minimum atomic E-state index is -0.612. The van der Waals surface area contributed by atoms with Crippen molar-refractivity contribution < 1.29 is 13.9 Å². The molecule has 0 fully saturated rings. The second-order valence-electron chi connectivity index (χ2n) is 4.09. The third-order valence-corrected chi connectivity index (χ3v) is 3.11. The van der Waals surface area contributed by atoms with Crippen LogP contribution in [-0.4, -0.2) is 5.97 Å². The second kappa shape index (κ2) is 6.11. The quantitative estimate of drug-likeness (QED) is 0.686. The molecule has 0 amide bonds. The van der Waals surface area contributed by atoms with E-state index in [0.717, 1.165) is 0 Å². The van der Waals surface area contributed by atoms with E-state index in [-0.39, 0.29) is 12.2 Å². The van der Waals surface area contributed by atoms with Crippen molar-refractivity contribution in [3.63, 3.8) is 0 Å². The third-order valence-electron chi connectivity index (χ3n) is 2.52. The van der Waals surface area contributed by atoms with Crippen LogP contribution in [-0.2, 0) is 11.3 Å². The smallest absolute Gasteiger partial charge is 0.338 e. The first-order valence-corrected chi connectivity index (χ1v) is 6.38. The van der Waals surface area contributed by atoms with Crippen LogP contribution < -0.4 is 5.73 Å². The van der Waals surface area contributed by atoms with E-state index in [1.165, 1.54) is 36.4 Å². The normalized spacial score (nSPS) is 10.3. The molecular weight excluding hydrogens is 304 g/mol. The first-order valence-electron chi connectivity index (χ1n) is 5.63. The van der Waals surface area contributed by atoms with Crippen molar-refractivity contribution in [2.75, 3.05) is 5.73 Å². The molecule has 0 aliphatic heterocycles. The van der Waals surface area contributed by atoms with Gasteiger partial charge in [0, 0.05) is 21.3 Å². The summed E-state index contributed by atoms with van der Waals surface area (Å²) in [6.07, 6.45) is 0. The van der Waals surface area contributed by atoms with Gasteiger partial charge < -0.3 is 10.5 Å². The molecule has 0 saturated carbocycles. The van der Waals surface area contributed by atoms with Crippen LogP contribution in [0.5, 0.6) is 0 Å². The average molecular weight is 314 g/mol. The SMILES string of the molecule is Nc1cc(Cl)cc(C(=O)OCc2cc(F)ccc2Cl)c1. The number of anilines is 1. The molecule has 0 saturated heterocycles. The lowest BCUT2D eigenvalue weighted by atomic mass is 10.2. The molecule has 2 rings (SSSR count). The van der Waals surface area contributed by atoms with Crippen molar-refractivity contribution in [3.05, 3.63) is 63.4 Å². The third kappa shape index (κ3) is 3.62. The Morgan fingerprint density at radius 2 is 1.95 bits per heavy atom. The Morgan fingerprint density at radius 1 is 1.20 bits per heavy atom. The van der Waals surface area contributed by atoms with E-state index in [4.69, 9.17) is 33.7 Å². The van der Waals surface area contributed by atoms with Crippen LogP contribution in [0.1, 0.15) is 15.9 Å². The number of nitrogens with two attached hydrogens (primary N) is 1. The van der Waals surface area contributed by atoms with Crippen molar-refractivity contribution in [2.24, 2.45) is 0 Å². The summed E-state index contributed by atoms with van der Waals surface area (Å²) >= 11 is 11.7. The molecule has 2 aromatic carbocycles. The van der Waals surface area contributed by atoms with Crippen molar-refractivity contribution >= 4 is 34.9 Å². The van der Waals surface area contributed by atoms with Gasteiger partial charge in [-0.25, -0.2) is 9.18 Å². The van der Waals surface area contributed by atoms with Crippen LogP contribution in [0, 0.1) is 5.82 Å². The van der Waals surface area contributed by atoms with Gasteiger partial charge in [0.25, 0.3) is 0 Å². The van der Waals surface area contributed by atoms with Gasteiger partial charge in [-0.2, -0.15) is 0 Å². The summed E-state index contributed by atoms with van der Waals surface area (Å²) in [6.45, 7) is -0.137. The minimum Gasteiger partial charge on any atom is -0.457 e. The number of nitrogen functional groups attached to an aromatic ring is 1. The minimum absolute atomic E-state index is 0.137. The highest BCUT2D eigenvalue weighted by atomic mass is 35.5. The molecule has 0 aliphatic carbocycles. The summed E-state index contributed by atoms with van der Waals surface area (Å²) < 4.78 is 18.1. The molecule has 0 bridgehead atoms. The zero-order chi connectivity index (χ0) is 14.7. The van der Waals surface area contributed by atoms with Gasteiger partial charge in [-0.05, 0) is 36.4 Å². The molecule has 0 atom stereocenters. The fraction of sp³-hybridized carbons (Fsp3) is 0.0714. The van der Waals surface area contributed by atoms with Crippen LogP contribution in [0.15, 0.2) is 36.4 Å². The van der Waals surface area contributed by atoms with E-state index in [9.17, 15) is 9.18 Å². The molecule has 2 aromatic rings. The average Bonchev–Trinajstić information content (AvgIpc) is 2.38. The summed E-state index contributed by atoms with van der Waals surface area (Å²) in [7, 11) is 0. The number of benzene rings is 2. The zero-order valence-corrected chi connectivity index (χ0v) is 11.7. The highest BCUT2D eigenvalue weighted by Crippen LogP contribution is 2.20. The number of carbonyl (C=O) groups is 1. The number of carbonyl (C=O) groups excluding carboxylic acids is 1. The van der Waals surface area contributed by atoms with Crippen LogP contribution >= 0.6 is 23.2 Å². The topological polar surface area (TPSA) is 52.3 Å². The molecule has 2 N–H and O–H groups in total. The van der Waals surface area contributed by atoms with Crippen LogP contribution in [0.3, 0.4) is 0 Å². The summed E-state index contributed by atoms with van der Waals surface area (Å²) in [4.78, 5) is 11.8. The van der Waals surface area contributed by atoms with E-state index >= 15 is 0 Å². The molecule has 0 heterocycles. The van der Waals surface area contributed by atoms with E-state index in [2.05, 4.69) is 0 Å². The van der Waals surface area contributed by atoms with Crippen LogP contribution in [0.25, 0.3) is 0 Å². The van der Waals surface area contributed by atoms with E-state index in [1.54, 1.807) is 0 Å². The van der Waals surface area contributed by atoms with Gasteiger partial charge >= 0.3 is 5.97 Å². The Kier molecular flexibility index (Phi) is 4.47. The lowest BCUT2D eigenvalue weighted by Crippen LogP contribution is -2.06. The van der Waals surface area contributed by atoms with E-state index in [1.807, 2.05) is 0 Å². The van der Waals surface area contributed by atoms with Crippen molar-refractivity contribution in [1.29, 1.82) is 0 Å². The summed E-state index contributed by atoms with van der Waals surface area (Å²) in [6, 6.07) is 8.24. The predicted octanol–water partition coefficient (Wildman–Crippen LogP) is 4.07. The standard InChI is InChI=1S/C14H10Cl2FNO2/c15-10-3-8(5-12(18)6-10)14(19)20-7-9-4-11(17)1-2-13(9)16/h1-6H,7,18H2. The number of esters is 1. The molecule has 0 spiro atoms. The molecule has 0 radical (unpaired) electrons. The zero-order valence-electron chi connectivity index (χ0n) is 10.2. The van der Waals surface area contributed by atoms with Gasteiger partial charge in [0.2, 0.25) is 0 Å². The molecule has 0 aliphatic rings. The lowest BCUT2D eigenvalue weighted by molar-refractivity contribution is 0.0472. The van der Waals surface area contributed by atoms with Crippen LogP contribution in [0.2, 0.25) is 10.0 Å². The first-order chi connectivity index (χ1) is 9.45. The van der Waals surface area contributed by atoms with Crippen molar-refractivity contribution in [1.82, 2.24) is 0 Å². The summed E-state index contributed by atoms with van der Waals surface area (Å²) in [5.74, 6) is -1.06. The maximum Gasteiger partial charge on any atom is 0.338 e. The maximum absolute atomic E-state index is 13.1. The Bertz CT molecular complexity index is 641. The molecule has 0 unspecified atom stereocenters. The monoisotopic (exact) mass is 313 g/mol. The number of ether oxygens (including phenoxy) is 1. The number of rotatable bonds is 3. The Hall–Kier alpha value is -1.78. The molecule has 0 aromatic heterocycles. The van der Waals surface area contributed by atoms with Gasteiger partial charge in [-0.15, -0.1) is 0 Å². The lowest BCUT2D eigenvalue weighted by Gasteiger charge is -2.07. The number of hydrogen-bond acceptors (Lipinski definition) is 3. The fourth-order valence-corrected chi connectivity index (χ4v) is 2.03. The number of halogens is 3. The molecule has 3 nitrogen and oxygen atoms in total. The Morgan fingerprint density at radius 3 is 2.65 bits per heavy atom. The van der Waals surface area contributed by atoms with E-state index < -0.39 is 11.8 Å². The maximum atomic E-state index is 13.1. The van der Waals surface area contributed by atoms with Crippen LogP contribution in [0.4, 0.5) is 10.1 Å². The van der Waals surface area contributed by atoms with E-state index in [0.29, 0.717) is 21.3 Å². The Balaban J connectivity index is 2.10. The molecule has 104 valence electrons. The first kappa shape index (κ1) is 14.6. The molecule has 20 heavy (non-hydrogen) atoms. The largest absolute Gasteiger partial charge is 0.457 e. The Labute approximate surface area is 125 Å². The van der Waals surface area contributed by atoms with Gasteiger partial charge in [-0.1, -0.05) is 23.2 Å². The fourth-order valence-electron chi connectivity index (χ4n) is 1.61. The van der Waals surface area contributed by atoms with Gasteiger partial charge in [-0.3, -0.25) is 0 Å². The molecular formula is C14H10Cl2FNO2. The van der Waals surface area contributed by atoms with Crippen molar-refractivity contribution in [3.8, 4) is 0 Å². The van der Waals surface area contributed by atoms with Gasteiger partial charge in [0.15, 0.2) is 0 Å². The van der Waals surface area contributed by atoms with Gasteiger partial charge in [0.1, 0.15) is 12.4 Å². The van der Waals surface area contributed by atoms with Gasteiger partial charge in [0.05, 0.1) is 5.56 Å². The summed E-state index contributed by atoms with van der Waals surface area (Å²) in [5.41, 5.74) is 6.55.